The van der Waals surface area contributed by atoms with E-state index >= 15 is 0 Å². The van der Waals surface area contributed by atoms with Crippen LogP contribution in [-0.2, 0) is 4.79 Å². The minimum absolute atomic E-state index is 0. The number of rotatable bonds is 9. The number of carboxylic acid groups (broad SMARTS) is 1. The zero-order valence-corrected chi connectivity index (χ0v) is 22.6. The molecule has 6 nitrogen and oxygen atoms in total. The fourth-order valence-electron chi connectivity index (χ4n) is 4.43. The van der Waals surface area contributed by atoms with Crippen molar-refractivity contribution in [1.29, 1.82) is 0 Å². The van der Waals surface area contributed by atoms with Gasteiger partial charge >= 0.3 is 29.6 Å². The van der Waals surface area contributed by atoms with Crippen LogP contribution in [0, 0.1) is 0 Å². The number of carbonyl (C=O) groups is 2. The number of nitrogens with zero attached hydrogens (tertiary/aromatic N) is 2. The van der Waals surface area contributed by atoms with Crippen molar-refractivity contribution in [2.75, 3.05) is 44.6 Å². The molecule has 0 bridgehead atoms. The molecule has 35 heavy (non-hydrogen) atoms. The number of benzene rings is 3. The SMILES string of the molecule is O=C([O-])C(=O)c1ccccc1NCCN1CCN(C(c2ccccc2)c2ccc(Cl)cc2)CC1.[Na+]. The van der Waals surface area contributed by atoms with E-state index < -0.39 is 11.8 Å². The number of halogens is 1. The average molecular weight is 500 g/mol. The summed E-state index contributed by atoms with van der Waals surface area (Å²) in [6.07, 6.45) is 0. The topological polar surface area (TPSA) is 75.7 Å². The number of nitrogens with one attached hydrogen (secondary N) is 1. The zero-order chi connectivity index (χ0) is 23.9. The summed E-state index contributed by atoms with van der Waals surface area (Å²) < 4.78 is 0. The van der Waals surface area contributed by atoms with Gasteiger partial charge in [0.1, 0.15) is 5.97 Å². The van der Waals surface area contributed by atoms with Gasteiger partial charge in [-0.15, -0.1) is 0 Å². The predicted octanol–water partition coefficient (Wildman–Crippen LogP) is 0.0957. The van der Waals surface area contributed by atoms with Crippen molar-refractivity contribution in [3.05, 3.63) is 101 Å². The quantitative estimate of drug-likeness (QED) is 0.256. The van der Waals surface area contributed by atoms with Crippen LogP contribution in [0.15, 0.2) is 78.9 Å². The fourth-order valence-corrected chi connectivity index (χ4v) is 4.56. The Morgan fingerprint density at radius 1 is 0.857 bits per heavy atom. The summed E-state index contributed by atoms with van der Waals surface area (Å²) in [5.74, 6) is -2.70. The number of para-hydroxylation sites is 1. The van der Waals surface area contributed by atoms with E-state index in [1.807, 2.05) is 18.2 Å². The van der Waals surface area contributed by atoms with Crippen LogP contribution in [0.1, 0.15) is 27.5 Å². The van der Waals surface area contributed by atoms with Gasteiger partial charge in [-0.05, 0) is 35.4 Å². The molecule has 1 heterocycles. The maximum absolute atomic E-state index is 11.9. The summed E-state index contributed by atoms with van der Waals surface area (Å²) in [4.78, 5) is 27.7. The van der Waals surface area contributed by atoms with Gasteiger partial charge in [-0.1, -0.05) is 66.2 Å². The Balaban J connectivity index is 0.00000342. The molecule has 1 atom stereocenters. The maximum Gasteiger partial charge on any atom is 1.00 e. The van der Waals surface area contributed by atoms with Crippen LogP contribution in [0.25, 0.3) is 0 Å². The van der Waals surface area contributed by atoms with Crippen LogP contribution < -0.4 is 40.0 Å². The Bertz CT molecular complexity index is 1120. The summed E-state index contributed by atoms with van der Waals surface area (Å²) in [5, 5.41) is 14.9. The molecule has 0 amide bonds. The number of ketones is 1. The van der Waals surface area contributed by atoms with Gasteiger partial charge in [-0.25, -0.2) is 0 Å². The van der Waals surface area contributed by atoms with Crippen LogP contribution >= 0.6 is 11.6 Å². The van der Waals surface area contributed by atoms with Gasteiger partial charge in [0.2, 0.25) is 5.78 Å². The second kappa shape index (κ2) is 13.2. The van der Waals surface area contributed by atoms with Crippen LogP contribution in [0.3, 0.4) is 0 Å². The number of hydrogen-bond donors (Lipinski definition) is 1. The van der Waals surface area contributed by atoms with Gasteiger partial charge in [0.25, 0.3) is 0 Å². The average Bonchev–Trinajstić information content (AvgIpc) is 2.87. The minimum atomic E-state index is -1.70. The third-order valence-corrected chi connectivity index (χ3v) is 6.43. The molecule has 1 fully saturated rings. The van der Waals surface area contributed by atoms with Crippen LogP contribution in [0.4, 0.5) is 5.69 Å². The number of piperazine rings is 1. The molecular weight excluding hydrogens is 473 g/mol. The molecule has 1 N–H and O–H groups in total. The Morgan fingerprint density at radius 3 is 2.11 bits per heavy atom. The van der Waals surface area contributed by atoms with E-state index in [1.165, 1.54) is 17.2 Å². The Hall–Kier alpha value is -2.19. The Morgan fingerprint density at radius 2 is 1.46 bits per heavy atom. The number of Topliss-reactive ketones (excluding diaryl/α,β-unsaturated/α-hetero) is 1. The van der Waals surface area contributed by atoms with Gasteiger partial charge in [0, 0.05) is 55.5 Å². The Kier molecular flexibility index (Phi) is 10.3. The second-order valence-electron chi connectivity index (χ2n) is 8.33. The van der Waals surface area contributed by atoms with Gasteiger partial charge < -0.3 is 15.2 Å². The molecule has 8 heteroatoms. The smallest absolute Gasteiger partial charge is 0.541 e. The third-order valence-electron chi connectivity index (χ3n) is 6.17. The van der Waals surface area contributed by atoms with Crippen LogP contribution in [-0.4, -0.2) is 60.8 Å². The number of carbonyl (C=O) groups excluding carboxylic acids is 2. The van der Waals surface area contributed by atoms with Crippen molar-refractivity contribution in [2.24, 2.45) is 0 Å². The van der Waals surface area contributed by atoms with E-state index in [-0.39, 0.29) is 41.2 Å². The van der Waals surface area contributed by atoms with E-state index in [1.54, 1.807) is 18.2 Å². The molecule has 1 aliphatic heterocycles. The number of hydrogen-bond acceptors (Lipinski definition) is 6. The normalized spacial score (nSPS) is 15.1. The second-order valence-corrected chi connectivity index (χ2v) is 8.77. The van der Waals surface area contributed by atoms with Crippen molar-refractivity contribution < 1.29 is 44.3 Å². The molecule has 176 valence electrons. The monoisotopic (exact) mass is 499 g/mol. The minimum Gasteiger partial charge on any atom is -0.541 e. The van der Waals surface area contributed by atoms with Gasteiger partial charge in [0.05, 0.1) is 6.04 Å². The molecule has 3 aromatic rings. The number of aliphatic carboxylic acids is 1. The molecule has 0 aliphatic carbocycles. The Labute approximate surface area is 233 Å². The molecule has 0 radical (unpaired) electrons. The molecule has 0 spiro atoms. The van der Waals surface area contributed by atoms with E-state index in [2.05, 4.69) is 51.5 Å². The first-order valence-corrected chi connectivity index (χ1v) is 11.8. The van der Waals surface area contributed by atoms with Crippen molar-refractivity contribution in [3.8, 4) is 0 Å². The molecule has 3 aromatic carbocycles. The third kappa shape index (κ3) is 7.17. The van der Waals surface area contributed by atoms with Crippen molar-refractivity contribution >= 4 is 29.0 Å². The standard InChI is InChI=1S/C27H28ClN3O3.Na/c28-22-12-10-21(11-13-22)25(20-6-2-1-3-7-20)31-18-16-30(17-19-31)15-14-29-24-9-5-4-8-23(24)26(32)27(33)34;/h1-13,25,29H,14-19H2,(H,33,34);/q;+1/p-1. The van der Waals surface area contributed by atoms with Gasteiger partial charge in [-0.2, -0.15) is 0 Å². The fraction of sp³-hybridized carbons (Fsp3) is 0.259. The molecule has 1 saturated heterocycles. The molecule has 0 saturated carbocycles. The summed E-state index contributed by atoms with van der Waals surface area (Å²) in [5.41, 5.74) is 3.12. The predicted molar refractivity (Wildman–Crippen MR) is 132 cm³/mol. The van der Waals surface area contributed by atoms with Gasteiger partial charge in [0.15, 0.2) is 0 Å². The zero-order valence-electron chi connectivity index (χ0n) is 19.8. The van der Waals surface area contributed by atoms with Crippen molar-refractivity contribution in [3.63, 3.8) is 0 Å². The summed E-state index contributed by atoms with van der Waals surface area (Å²) in [6.45, 7) is 5.07. The largest absolute Gasteiger partial charge is 1.00 e. The van der Waals surface area contributed by atoms with Crippen molar-refractivity contribution in [2.45, 2.75) is 6.04 Å². The molecule has 1 unspecified atom stereocenters. The van der Waals surface area contributed by atoms with Crippen LogP contribution in [0.5, 0.6) is 0 Å². The van der Waals surface area contributed by atoms with E-state index in [0.29, 0.717) is 12.2 Å². The van der Waals surface area contributed by atoms with E-state index in [0.717, 1.165) is 37.7 Å². The molecule has 0 aromatic heterocycles. The summed E-state index contributed by atoms with van der Waals surface area (Å²) >= 11 is 6.13. The van der Waals surface area contributed by atoms with Gasteiger partial charge in [-0.3, -0.25) is 14.6 Å². The number of anilines is 1. The van der Waals surface area contributed by atoms with E-state index in [9.17, 15) is 14.7 Å². The summed E-state index contributed by atoms with van der Waals surface area (Å²) in [7, 11) is 0. The number of carboxylic acids is 1. The first kappa shape index (κ1) is 27.4. The van der Waals surface area contributed by atoms with Crippen molar-refractivity contribution in [1.82, 2.24) is 9.80 Å². The molecule has 1 aliphatic rings. The maximum atomic E-state index is 11.9. The van der Waals surface area contributed by atoms with Crippen LogP contribution in [0.2, 0.25) is 5.02 Å². The summed E-state index contributed by atoms with van der Waals surface area (Å²) in [6, 6.07) is 25.4. The molecule has 4 rings (SSSR count). The first-order valence-electron chi connectivity index (χ1n) is 11.4. The first-order chi connectivity index (χ1) is 16.5. The van der Waals surface area contributed by atoms with E-state index in [4.69, 9.17) is 11.6 Å². The molecular formula is C27H27ClN3NaO3.